The van der Waals surface area contributed by atoms with Crippen LogP contribution in [0.1, 0.15) is 26.2 Å². The first-order valence-corrected chi connectivity index (χ1v) is 5.35. The van der Waals surface area contributed by atoms with Crippen LogP contribution in [0.3, 0.4) is 0 Å². The van der Waals surface area contributed by atoms with Gasteiger partial charge in [0.05, 0.1) is 12.6 Å². The summed E-state index contributed by atoms with van der Waals surface area (Å²) >= 11 is 0. The number of hydrogen-bond acceptors (Lipinski definition) is 3. The van der Waals surface area contributed by atoms with Crippen LogP contribution in [-0.4, -0.2) is 43.1 Å². The highest BCUT2D eigenvalue weighted by atomic mass is 16.5. The van der Waals surface area contributed by atoms with Crippen LogP contribution in [0, 0.1) is 5.41 Å². The Hall–Kier alpha value is -1.10. The predicted molar refractivity (Wildman–Crippen MR) is 58.2 cm³/mol. The van der Waals surface area contributed by atoms with E-state index in [-0.39, 0.29) is 12.1 Å². The Balaban J connectivity index is 2.54. The number of nitrogens with zero attached hydrogens (tertiary/aromatic N) is 1. The summed E-state index contributed by atoms with van der Waals surface area (Å²) in [6, 6.07) is -0.245. The first-order valence-electron chi connectivity index (χ1n) is 5.35. The van der Waals surface area contributed by atoms with Gasteiger partial charge in [0.25, 0.3) is 0 Å². The smallest absolute Gasteiger partial charge is 0.323 e. The minimum atomic E-state index is -0.168. The Kier molecular flexibility index (Phi) is 4.55. The summed E-state index contributed by atoms with van der Waals surface area (Å²) in [4.78, 5) is 13.2. The molecule has 1 atom stereocenters. The standard InChI is InChI=1S/C10H19N3O2/c1-3-4-5-8-9(11)12-10(14)13(8)6-7-15-2/h8H,3-7H2,1-2H3,(H2,11,12,14). The molecule has 1 rings (SSSR count). The number of ether oxygens (including phenoxy) is 1. The molecule has 1 aliphatic rings. The fraction of sp³-hybridized carbons (Fsp3) is 0.800. The summed E-state index contributed by atoms with van der Waals surface area (Å²) in [6.07, 6.45) is 2.97. The Bertz CT molecular complexity index is 219. The van der Waals surface area contributed by atoms with Gasteiger partial charge >= 0.3 is 6.03 Å². The zero-order valence-corrected chi connectivity index (χ0v) is 9.38. The molecular weight excluding hydrogens is 194 g/mol. The van der Waals surface area contributed by atoms with Crippen LogP contribution >= 0.6 is 0 Å². The molecule has 0 bridgehead atoms. The van der Waals surface area contributed by atoms with Crippen LogP contribution in [0.4, 0.5) is 4.79 Å². The van der Waals surface area contributed by atoms with E-state index in [1.165, 1.54) is 0 Å². The van der Waals surface area contributed by atoms with E-state index in [2.05, 4.69) is 12.2 Å². The van der Waals surface area contributed by atoms with Crippen molar-refractivity contribution in [3.05, 3.63) is 0 Å². The van der Waals surface area contributed by atoms with Crippen molar-refractivity contribution >= 4 is 11.9 Å². The Labute approximate surface area is 90.3 Å². The van der Waals surface area contributed by atoms with Crippen molar-refractivity contribution in [3.8, 4) is 0 Å². The van der Waals surface area contributed by atoms with E-state index in [1.54, 1.807) is 12.0 Å². The van der Waals surface area contributed by atoms with E-state index in [1.807, 2.05) is 0 Å². The van der Waals surface area contributed by atoms with E-state index in [0.29, 0.717) is 19.0 Å². The molecule has 1 unspecified atom stereocenters. The molecular formula is C10H19N3O2. The minimum absolute atomic E-state index is 0.0763. The van der Waals surface area contributed by atoms with Crippen molar-refractivity contribution in [2.75, 3.05) is 20.3 Å². The molecule has 15 heavy (non-hydrogen) atoms. The number of amidine groups is 1. The highest BCUT2D eigenvalue weighted by Crippen LogP contribution is 2.14. The number of nitrogens with one attached hydrogen (secondary N) is 2. The fourth-order valence-corrected chi connectivity index (χ4v) is 1.71. The number of carbonyl (C=O) groups excluding carboxylic acids is 1. The zero-order chi connectivity index (χ0) is 11.3. The maximum atomic E-state index is 11.5. The number of amides is 2. The number of hydrogen-bond donors (Lipinski definition) is 2. The van der Waals surface area contributed by atoms with Crippen molar-refractivity contribution in [3.63, 3.8) is 0 Å². The lowest BCUT2D eigenvalue weighted by atomic mass is 10.1. The molecule has 0 radical (unpaired) electrons. The molecule has 1 fully saturated rings. The van der Waals surface area contributed by atoms with Gasteiger partial charge in [-0.3, -0.25) is 10.7 Å². The first-order chi connectivity index (χ1) is 7.20. The highest BCUT2D eigenvalue weighted by Gasteiger charge is 2.34. The van der Waals surface area contributed by atoms with E-state index >= 15 is 0 Å². The lowest BCUT2D eigenvalue weighted by Gasteiger charge is -2.21. The number of carbonyl (C=O) groups is 1. The molecule has 0 aliphatic carbocycles. The minimum Gasteiger partial charge on any atom is -0.383 e. The van der Waals surface area contributed by atoms with E-state index in [4.69, 9.17) is 10.1 Å². The molecule has 0 saturated carbocycles. The fourth-order valence-electron chi connectivity index (χ4n) is 1.71. The average Bonchev–Trinajstić information content (AvgIpc) is 2.47. The third kappa shape index (κ3) is 2.92. The predicted octanol–water partition coefficient (Wildman–Crippen LogP) is 1.19. The monoisotopic (exact) mass is 213 g/mol. The van der Waals surface area contributed by atoms with Crippen molar-refractivity contribution < 1.29 is 9.53 Å². The topological polar surface area (TPSA) is 65.4 Å². The van der Waals surface area contributed by atoms with E-state index in [9.17, 15) is 4.79 Å². The van der Waals surface area contributed by atoms with E-state index in [0.717, 1.165) is 19.3 Å². The van der Waals surface area contributed by atoms with Crippen molar-refractivity contribution in [2.45, 2.75) is 32.2 Å². The lowest BCUT2D eigenvalue weighted by molar-refractivity contribution is 0.149. The maximum absolute atomic E-state index is 11.5. The molecule has 1 saturated heterocycles. The van der Waals surface area contributed by atoms with Crippen LogP contribution in [0.15, 0.2) is 0 Å². The molecule has 2 amide bonds. The number of methoxy groups -OCH3 is 1. The summed E-state index contributed by atoms with van der Waals surface area (Å²) < 4.78 is 4.95. The molecule has 1 heterocycles. The Morgan fingerprint density at radius 2 is 2.33 bits per heavy atom. The van der Waals surface area contributed by atoms with Gasteiger partial charge in [0.15, 0.2) is 0 Å². The van der Waals surface area contributed by atoms with Crippen molar-refractivity contribution in [1.82, 2.24) is 10.2 Å². The van der Waals surface area contributed by atoms with Gasteiger partial charge in [-0.25, -0.2) is 4.79 Å². The van der Waals surface area contributed by atoms with Gasteiger partial charge in [0, 0.05) is 13.7 Å². The molecule has 1 aliphatic heterocycles. The molecule has 0 aromatic rings. The largest absolute Gasteiger partial charge is 0.383 e. The SMILES string of the molecule is CCCCC1C(=N)NC(=O)N1CCOC. The zero-order valence-electron chi connectivity index (χ0n) is 9.38. The summed E-state index contributed by atoms with van der Waals surface area (Å²) in [5.74, 6) is 0.324. The molecule has 0 aromatic carbocycles. The van der Waals surface area contributed by atoms with E-state index < -0.39 is 0 Å². The lowest BCUT2D eigenvalue weighted by Crippen LogP contribution is -2.37. The van der Waals surface area contributed by atoms with Gasteiger partial charge in [-0.2, -0.15) is 0 Å². The Morgan fingerprint density at radius 1 is 1.60 bits per heavy atom. The van der Waals surface area contributed by atoms with Gasteiger partial charge in [0.1, 0.15) is 5.84 Å². The highest BCUT2D eigenvalue weighted by molar-refractivity contribution is 6.05. The third-order valence-electron chi connectivity index (χ3n) is 2.58. The summed E-state index contributed by atoms with van der Waals surface area (Å²) in [6.45, 7) is 3.18. The normalized spacial score (nSPS) is 20.9. The summed E-state index contributed by atoms with van der Waals surface area (Å²) in [5.41, 5.74) is 0. The maximum Gasteiger partial charge on any atom is 0.323 e. The van der Waals surface area contributed by atoms with Crippen LogP contribution in [0.25, 0.3) is 0 Å². The molecule has 0 spiro atoms. The second-order valence-corrected chi connectivity index (χ2v) is 3.69. The second kappa shape index (κ2) is 5.70. The van der Waals surface area contributed by atoms with Crippen molar-refractivity contribution in [2.24, 2.45) is 0 Å². The van der Waals surface area contributed by atoms with Gasteiger partial charge in [-0.15, -0.1) is 0 Å². The van der Waals surface area contributed by atoms with Gasteiger partial charge in [-0.05, 0) is 6.42 Å². The number of rotatable bonds is 6. The second-order valence-electron chi connectivity index (χ2n) is 3.69. The van der Waals surface area contributed by atoms with Gasteiger partial charge in [-0.1, -0.05) is 19.8 Å². The molecule has 5 nitrogen and oxygen atoms in total. The van der Waals surface area contributed by atoms with Crippen LogP contribution < -0.4 is 5.32 Å². The van der Waals surface area contributed by atoms with Crippen LogP contribution in [-0.2, 0) is 4.74 Å². The molecule has 5 heteroatoms. The van der Waals surface area contributed by atoms with Gasteiger partial charge in [0.2, 0.25) is 0 Å². The number of urea groups is 1. The van der Waals surface area contributed by atoms with Crippen LogP contribution in [0.2, 0.25) is 0 Å². The Morgan fingerprint density at radius 3 is 2.93 bits per heavy atom. The molecule has 86 valence electrons. The molecule has 0 aromatic heterocycles. The summed E-state index contributed by atoms with van der Waals surface area (Å²) in [5, 5.41) is 10.2. The molecule has 2 N–H and O–H groups in total. The van der Waals surface area contributed by atoms with Gasteiger partial charge < -0.3 is 9.64 Å². The summed E-state index contributed by atoms with van der Waals surface area (Å²) in [7, 11) is 1.61. The third-order valence-corrected chi connectivity index (χ3v) is 2.58. The first kappa shape index (κ1) is 12.0. The van der Waals surface area contributed by atoms with Crippen LogP contribution in [0.5, 0.6) is 0 Å². The average molecular weight is 213 g/mol. The van der Waals surface area contributed by atoms with Crippen molar-refractivity contribution in [1.29, 1.82) is 5.41 Å². The number of unbranched alkanes of at least 4 members (excludes halogenated alkanes) is 1. The quantitative estimate of drug-likeness (QED) is 0.696.